The lowest BCUT2D eigenvalue weighted by Crippen LogP contribution is -2.52. The third-order valence-corrected chi connectivity index (χ3v) is 5.30. The van der Waals surface area contributed by atoms with Gasteiger partial charge in [0.15, 0.2) is 5.69 Å². The number of hydrogen-bond donors (Lipinski definition) is 2. The van der Waals surface area contributed by atoms with Crippen LogP contribution in [-0.4, -0.2) is 46.2 Å². The summed E-state index contributed by atoms with van der Waals surface area (Å²) >= 11 is 5.83. The Kier molecular flexibility index (Phi) is 4.46. The molecule has 1 aliphatic heterocycles. The van der Waals surface area contributed by atoms with Crippen LogP contribution in [0.3, 0.4) is 0 Å². The first kappa shape index (κ1) is 17.5. The monoisotopic (exact) mass is 379 g/mol. The first-order valence-corrected chi connectivity index (χ1v) is 8.98. The van der Waals surface area contributed by atoms with Crippen LogP contribution in [0.15, 0.2) is 18.2 Å². The Morgan fingerprint density at radius 1 is 1.46 bits per heavy atom. The Bertz CT molecular complexity index is 862. The van der Waals surface area contributed by atoms with Crippen LogP contribution in [0.5, 0.6) is 0 Å². The van der Waals surface area contributed by atoms with Gasteiger partial charge in [0, 0.05) is 22.9 Å². The largest absolute Gasteiger partial charge is 0.394 e. The Morgan fingerprint density at radius 3 is 3.00 bits per heavy atom. The van der Waals surface area contributed by atoms with Crippen LogP contribution in [0.4, 0.5) is 4.39 Å². The molecule has 1 aromatic heterocycles. The molecule has 1 fully saturated rings. The van der Waals surface area contributed by atoms with Gasteiger partial charge in [-0.1, -0.05) is 11.6 Å². The number of aliphatic hydroxyl groups is 1. The fraction of sp³-hybridized carbons (Fsp3) is 0.444. The van der Waals surface area contributed by atoms with E-state index < -0.39 is 11.4 Å². The number of fused-ring (bicyclic) bond motifs is 1. The second-order valence-electron chi connectivity index (χ2n) is 6.83. The first-order chi connectivity index (χ1) is 12.5. The zero-order valence-corrected chi connectivity index (χ0v) is 14.9. The molecule has 0 saturated carbocycles. The quantitative estimate of drug-likeness (QED) is 0.852. The molecule has 1 aliphatic carbocycles. The molecule has 138 valence electrons. The van der Waals surface area contributed by atoms with E-state index in [2.05, 4.69) is 10.4 Å². The number of benzene rings is 1. The van der Waals surface area contributed by atoms with E-state index in [0.717, 1.165) is 30.5 Å². The maximum absolute atomic E-state index is 14.4. The second-order valence-corrected chi connectivity index (χ2v) is 7.27. The lowest BCUT2D eigenvalue weighted by atomic mass is 9.99. The van der Waals surface area contributed by atoms with E-state index in [4.69, 9.17) is 16.3 Å². The lowest BCUT2D eigenvalue weighted by molar-refractivity contribution is 0.0783. The van der Waals surface area contributed by atoms with Crippen LogP contribution in [-0.2, 0) is 17.6 Å². The normalized spacial score (nSPS) is 21.8. The number of aromatic nitrogens is 2. The van der Waals surface area contributed by atoms with E-state index in [-0.39, 0.29) is 30.5 Å². The average Bonchev–Trinajstić information content (AvgIpc) is 3.32. The number of carbonyl (C=O) groups excluding carboxylic acids is 1. The van der Waals surface area contributed by atoms with Crippen molar-refractivity contribution < 1.29 is 19.0 Å². The van der Waals surface area contributed by atoms with Gasteiger partial charge in [-0.2, -0.15) is 5.10 Å². The van der Waals surface area contributed by atoms with Crippen molar-refractivity contribution in [3.63, 3.8) is 0 Å². The molecule has 0 radical (unpaired) electrons. The fourth-order valence-corrected chi connectivity index (χ4v) is 3.80. The molecule has 2 heterocycles. The summed E-state index contributed by atoms with van der Waals surface area (Å²) in [6, 6.07) is 4.39. The van der Waals surface area contributed by atoms with Crippen LogP contribution >= 0.6 is 11.6 Å². The standard InChI is InChI=1S/C18H19ClFN3O3/c19-11-4-5-15(13(20)8-11)23-14-3-1-2-12(14)16(22-23)17(25)21-18(9-24)6-7-26-10-18/h4-5,8,24H,1-3,6-7,9-10H2,(H,21,25). The molecule has 2 N–H and O–H groups in total. The molecule has 1 amide bonds. The summed E-state index contributed by atoms with van der Waals surface area (Å²) in [5, 5.41) is 17.2. The van der Waals surface area contributed by atoms with Gasteiger partial charge in [0.25, 0.3) is 5.91 Å². The molecule has 8 heteroatoms. The molecular formula is C18H19ClFN3O3. The Labute approximate surface area is 154 Å². The SMILES string of the molecule is O=C(NC1(CO)CCOC1)c1nn(-c2ccc(Cl)cc2F)c2c1CCC2. The van der Waals surface area contributed by atoms with Crippen molar-refractivity contribution in [2.75, 3.05) is 19.8 Å². The number of nitrogens with one attached hydrogen (secondary N) is 1. The van der Waals surface area contributed by atoms with Crippen LogP contribution in [0.25, 0.3) is 5.69 Å². The molecule has 26 heavy (non-hydrogen) atoms. The fourth-order valence-electron chi connectivity index (χ4n) is 3.64. The highest BCUT2D eigenvalue weighted by Crippen LogP contribution is 2.30. The molecule has 1 aromatic carbocycles. The molecule has 4 rings (SSSR count). The van der Waals surface area contributed by atoms with Crippen molar-refractivity contribution in [1.82, 2.24) is 15.1 Å². The van der Waals surface area contributed by atoms with Gasteiger partial charge < -0.3 is 15.2 Å². The number of aliphatic hydroxyl groups excluding tert-OH is 1. The Hall–Kier alpha value is -1.96. The predicted molar refractivity (Wildman–Crippen MR) is 93.3 cm³/mol. The van der Waals surface area contributed by atoms with Crippen LogP contribution < -0.4 is 5.32 Å². The Balaban J connectivity index is 1.71. The number of ether oxygens (including phenoxy) is 1. The number of rotatable bonds is 4. The number of carbonyl (C=O) groups is 1. The maximum atomic E-state index is 14.4. The molecule has 6 nitrogen and oxygen atoms in total. The van der Waals surface area contributed by atoms with Crippen molar-refractivity contribution in [3.05, 3.63) is 46.0 Å². The molecule has 1 saturated heterocycles. The lowest BCUT2D eigenvalue weighted by Gasteiger charge is -2.25. The van der Waals surface area contributed by atoms with Gasteiger partial charge in [-0.05, 0) is 43.9 Å². The van der Waals surface area contributed by atoms with E-state index in [0.29, 0.717) is 18.1 Å². The summed E-state index contributed by atoms with van der Waals surface area (Å²) in [6.45, 7) is 0.556. The zero-order chi connectivity index (χ0) is 18.3. The minimum absolute atomic E-state index is 0.201. The van der Waals surface area contributed by atoms with Crippen molar-refractivity contribution >= 4 is 17.5 Å². The highest BCUT2D eigenvalue weighted by molar-refractivity contribution is 6.30. The molecule has 0 spiro atoms. The summed E-state index contributed by atoms with van der Waals surface area (Å²) in [5.74, 6) is -0.853. The van der Waals surface area contributed by atoms with Crippen molar-refractivity contribution in [2.45, 2.75) is 31.2 Å². The zero-order valence-electron chi connectivity index (χ0n) is 14.1. The summed E-state index contributed by atoms with van der Waals surface area (Å²) in [7, 11) is 0. The highest BCUT2D eigenvalue weighted by Gasteiger charge is 2.38. The average molecular weight is 380 g/mol. The van der Waals surface area contributed by atoms with Gasteiger partial charge >= 0.3 is 0 Å². The van der Waals surface area contributed by atoms with Crippen LogP contribution in [0.1, 0.15) is 34.6 Å². The highest BCUT2D eigenvalue weighted by atomic mass is 35.5. The summed E-state index contributed by atoms with van der Waals surface area (Å²) in [6.07, 6.45) is 2.88. The molecular weight excluding hydrogens is 361 g/mol. The number of hydrogen-bond acceptors (Lipinski definition) is 4. The molecule has 2 aliphatic rings. The van der Waals surface area contributed by atoms with Crippen molar-refractivity contribution in [1.29, 1.82) is 0 Å². The topological polar surface area (TPSA) is 76.4 Å². The minimum atomic E-state index is -0.780. The third kappa shape index (κ3) is 2.90. The van der Waals surface area contributed by atoms with Crippen molar-refractivity contribution in [3.8, 4) is 5.69 Å². The van der Waals surface area contributed by atoms with E-state index in [1.165, 1.54) is 10.7 Å². The predicted octanol–water partition coefficient (Wildman–Crippen LogP) is 2.03. The van der Waals surface area contributed by atoms with Gasteiger partial charge in [-0.25, -0.2) is 9.07 Å². The second kappa shape index (κ2) is 6.64. The van der Waals surface area contributed by atoms with E-state index in [9.17, 15) is 14.3 Å². The third-order valence-electron chi connectivity index (χ3n) is 5.07. The summed E-state index contributed by atoms with van der Waals surface area (Å²) in [4.78, 5) is 12.8. The maximum Gasteiger partial charge on any atom is 0.272 e. The first-order valence-electron chi connectivity index (χ1n) is 8.60. The van der Waals surface area contributed by atoms with E-state index in [1.807, 2.05) is 0 Å². The Morgan fingerprint density at radius 2 is 2.31 bits per heavy atom. The van der Waals surface area contributed by atoms with Gasteiger partial charge in [0.2, 0.25) is 0 Å². The van der Waals surface area contributed by atoms with Gasteiger partial charge in [-0.3, -0.25) is 4.79 Å². The number of halogens is 2. The molecule has 0 bridgehead atoms. The molecule has 1 unspecified atom stereocenters. The van der Waals surface area contributed by atoms with Crippen LogP contribution in [0, 0.1) is 5.82 Å². The van der Waals surface area contributed by atoms with Gasteiger partial charge in [0.05, 0.1) is 18.8 Å². The number of nitrogens with zero attached hydrogens (tertiary/aromatic N) is 2. The minimum Gasteiger partial charge on any atom is -0.394 e. The smallest absolute Gasteiger partial charge is 0.272 e. The molecule has 2 aromatic rings. The van der Waals surface area contributed by atoms with E-state index in [1.54, 1.807) is 12.1 Å². The van der Waals surface area contributed by atoms with Crippen LogP contribution in [0.2, 0.25) is 5.02 Å². The van der Waals surface area contributed by atoms with Gasteiger partial charge in [-0.15, -0.1) is 0 Å². The molecule has 1 atom stereocenters. The van der Waals surface area contributed by atoms with Gasteiger partial charge in [0.1, 0.15) is 11.5 Å². The number of amides is 1. The van der Waals surface area contributed by atoms with Crippen molar-refractivity contribution in [2.24, 2.45) is 0 Å². The summed E-state index contributed by atoms with van der Waals surface area (Å²) < 4.78 is 21.2. The van der Waals surface area contributed by atoms with E-state index >= 15 is 0 Å². The summed E-state index contributed by atoms with van der Waals surface area (Å²) in [5.41, 5.74) is 1.46.